The first-order chi connectivity index (χ1) is 9.74. The fourth-order valence-electron chi connectivity index (χ4n) is 1.98. The van der Waals surface area contributed by atoms with Gasteiger partial charge in [0.25, 0.3) is 0 Å². The lowest BCUT2D eigenvalue weighted by molar-refractivity contribution is 0.559. The van der Waals surface area contributed by atoms with Crippen molar-refractivity contribution in [2.45, 2.75) is 0 Å². The van der Waals surface area contributed by atoms with Crippen LogP contribution in [0.1, 0.15) is 11.1 Å². The SMILES string of the molecule is O=c1oc2ccccc2cc1/C=C/c1ccccc1F. The first-order valence-electron chi connectivity index (χ1n) is 6.19. The van der Waals surface area contributed by atoms with Crippen LogP contribution >= 0.6 is 0 Å². The Morgan fingerprint density at radius 2 is 1.60 bits per heavy atom. The van der Waals surface area contributed by atoms with Crippen LogP contribution in [0.4, 0.5) is 4.39 Å². The summed E-state index contributed by atoms with van der Waals surface area (Å²) in [4.78, 5) is 11.8. The molecule has 20 heavy (non-hydrogen) atoms. The monoisotopic (exact) mass is 266 g/mol. The van der Waals surface area contributed by atoms with Crippen molar-refractivity contribution in [3.8, 4) is 0 Å². The third-order valence-electron chi connectivity index (χ3n) is 3.02. The van der Waals surface area contributed by atoms with Crippen molar-refractivity contribution in [3.05, 3.63) is 82.0 Å². The summed E-state index contributed by atoms with van der Waals surface area (Å²) in [7, 11) is 0. The van der Waals surface area contributed by atoms with E-state index < -0.39 is 5.63 Å². The Balaban J connectivity index is 2.05. The second-order valence-corrected chi connectivity index (χ2v) is 4.38. The molecule has 0 unspecified atom stereocenters. The maximum atomic E-state index is 13.5. The molecule has 2 aromatic carbocycles. The molecule has 98 valence electrons. The molecule has 0 aliphatic carbocycles. The van der Waals surface area contributed by atoms with Gasteiger partial charge < -0.3 is 4.42 Å². The van der Waals surface area contributed by atoms with Crippen molar-refractivity contribution in [3.63, 3.8) is 0 Å². The molecule has 2 nitrogen and oxygen atoms in total. The standard InChI is InChI=1S/C17H11FO2/c18-15-7-3-1-5-12(15)9-10-14-11-13-6-2-4-8-16(13)20-17(14)19/h1-11H/b10-9+. The van der Waals surface area contributed by atoms with Gasteiger partial charge in [0.15, 0.2) is 0 Å². The maximum Gasteiger partial charge on any atom is 0.343 e. The maximum absolute atomic E-state index is 13.5. The van der Waals surface area contributed by atoms with Gasteiger partial charge in [-0.2, -0.15) is 0 Å². The topological polar surface area (TPSA) is 30.2 Å². The van der Waals surface area contributed by atoms with Crippen LogP contribution in [0.2, 0.25) is 0 Å². The first-order valence-corrected chi connectivity index (χ1v) is 6.19. The minimum absolute atomic E-state index is 0.325. The Labute approximate surface area is 114 Å². The molecular weight excluding hydrogens is 255 g/mol. The zero-order chi connectivity index (χ0) is 13.9. The second-order valence-electron chi connectivity index (χ2n) is 4.38. The predicted molar refractivity (Wildman–Crippen MR) is 77.8 cm³/mol. The van der Waals surface area contributed by atoms with Gasteiger partial charge in [-0.25, -0.2) is 9.18 Å². The van der Waals surface area contributed by atoms with Crippen LogP contribution in [0, 0.1) is 5.82 Å². The Bertz CT molecular complexity index is 847. The average Bonchev–Trinajstić information content (AvgIpc) is 2.46. The van der Waals surface area contributed by atoms with Gasteiger partial charge in [0.05, 0.1) is 5.56 Å². The van der Waals surface area contributed by atoms with Crippen LogP contribution in [-0.2, 0) is 0 Å². The summed E-state index contributed by atoms with van der Waals surface area (Å²) in [5.74, 6) is -0.325. The Morgan fingerprint density at radius 3 is 2.45 bits per heavy atom. The average molecular weight is 266 g/mol. The molecule has 0 aliphatic heterocycles. The fourth-order valence-corrected chi connectivity index (χ4v) is 1.98. The lowest BCUT2D eigenvalue weighted by Gasteiger charge is -1.98. The van der Waals surface area contributed by atoms with E-state index in [1.165, 1.54) is 6.07 Å². The summed E-state index contributed by atoms with van der Waals surface area (Å²) in [5, 5.41) is 0.834. The van der Waals surface area contributed by atoms with E-state index in [-0.39, 0.29) is 5.82 Å². The molecule has 0 atom stereocenters. The van der Waals surface area contributed by atoms with Crippen molar-refractivity contribution in [1.29, 1.82) is 0 Å². The third kappa shape index (κ3) is 2.38. The molecule has 0 fully saturated rings. The highest BCUT2D eigenvalue weighted by molar-refractivity contribution is 5.80. The Hall–Kier alpha value is -2.68. The molecule has 0 spiro atoms. The van der Waals surface area contributed by atoms with Gasteiger partial charge in [-0.15, -0.1) is 0 Å². The van der Waals surface area contributed by atoms with Crippen molar-refractivity contribution in [2.24, 2.45) is 0 Å². The summed E-state index contributed by atoms with van der Waals surface area (Å²) < 4.78 is 18.7. The van der Waals surface area contributed by atoms with Gasteiger partial charge in [0.1, 0.15) is 11.4 Å². The molecule has 0 aliphatic rings. The van der Waals surface area contributed by atoms with Gasteiger partial charge >= 0.3 is 5.63 Å². The van der Waals surface area contributed by atoms with Crippen molar-refractivity contribution >= 4 is 23.1 Å². The van der Waals surface area contributed by atoms with E-state index in [2.05, 4.69) is 0 Å². The van der Waals surface area contributed by atoms with Crippen molar-refractivity contribution in [1.82, 2.24) is 0 Å². The largest absolute Gasteiger partial charge is 0.422 e. The molecule has 1 aromatic heterocycles. The number of para-hydroxylation sites is 1. The first kappa shape index (κ1) is 12.4. The molecule has 0 saturated carbocycles. The molecule has 0 N–H and O–H groups in total. The van der Waals surface area contributed by atoms with E-state index in [4.69, 9.17) is 4.42 Å². The van der Waals surface area contributed by atoms with E-state index in [9.17, 15) is 9.18 Å². The number of hydrogen-bond donors (Lipinski definition) is 0. The number of benzene rings is 2. The van der Waals surface area contributed by atoms with Gasteiger partial charge in [-0.05, 0) is 24.3 Å². The number of fused-ring (bicyclic) bond motifs is 1. The van der Waals surface area contributed by atoms with Crippen molar-refractivity contribution < 1.29 is 8.81 Å². The van der Waals surface area contributed by atoms with Crippen LogP contribution in [0.3, 0.4) is 0 Å². The molecule has 3 aromatic rings. The second kappa shape index (κ2) is 5.13. The highest BCUT2D eigenvalue weighted by Crippen LogP contribution is 2.15. The molecule has 0 saturated heterocycles. The summed E-state index contributed by atoms with van der Waals surface area (Å²) >= 11 is 0. The van der Waals surface area contributed by atoms with E-state index >= 15 is 0 Å². The van der Waals surface area contributed by atoms with Crippen LogP contribution in [0.15, 0.2) is 63.8 Å². The van der Waals surface area contributed by atoms with Crippen LogP contribution in [0.25, 0.3) is 23.1 Å². The van der Waals surface area contributed by atoms with Gasteiger partial charge in [-0.1, -0.05) is 42.5 Å². The lowest BCUT2D eigenvalue weighted by Crippen LogP contribution is -2.02. The summed E-state index contributed by atoms with van der Waals surface area (Å²) in [6.45, 7) is 0. The van der Waals surface area contributed by atoms with Crippen LogP contribution in [-0.4, -0.2) is 0 Å². The third-order valence-corrected chi connectivity index (χ3v) is 3.02. The highest BCUT2D eigenvalue weighted by Gasteiger charge is 2.02. The molecule has 0 bridgehead atoms. The minimum Gasteiger partial charge on any atom is -0.422 e. The Morgan fingerprint density at radius 1 is 0.900 bits per heavy atom. The number of rotatable bonds is 2. The molecule has 3 rings (SSSR count). The number of halogens is 1. The quantitative estimate of drug-likeness (QED) is 0.653. The molecule has 3 heteroatoms. The summed E-state index contributed by atoms with van der Waals surface area (Å²) in [6, 6.07) is 15.4. The summed E-state index contributed by atoms with van der Waals surface area (Å²) in [5.41, 5.74) is 0.934. The lowest BCUT2D eigenvalue weighted by atomic mass is 10.1. The van der Waals surface area contributed by atoms with Crippen molar-refractivity contribution in [2.75, 3.05) is 0 Å². The Kier molecular flexibility index (Phi) is 3.17. The fraction of sp³-hybridized carbons (Fsp3) is 0. The van der Waals surface area contributed by atoms with Gasteiger partial charge in [-0.3, -0.25) is 0 Å². The highest BCUT2D eigenvalue weighted by atomic mass is 19.1. The zero-order valence-corrected chi connectivity index (χ0v) is 10.5. The molecule has 1 heterocycles. The predicted octanol–water partition coefficient (Wildman–Crippen LogP) is 4.10. The van der Waals surface area contributed by atoms with E-state index in [0.29, 0.717) is 16.7 Å². The minimum atomic E-state index is -0.434. The van der Waals surface area contributed by atoms with Crippen LogP contribution in [0.5, 0.6) is 0 Å². The number of hydrogen-bond acceptors (Lipinski definition) is 2. The van der Waals surface area contributed by atoms with E-state index in [1.54, 1.807) is 48.6 Å². The van der Waals surface area contributed by atoms with E-state index in [0.717, 1.165) is 5.39 Å². The normalized spacial score (nSPS) is 11.2. The smallest absolute Gasteiger partial charge is 0.343 e. The van der Waals surface area contributed by atoms with E-state index in [1.807, 2.05) is 12.1 Å². The molecular formula is C17H11FO2. The summed E-state index contributed by atoms with van der Waals surface area (Å²) in [6.07, 6.45) is 3.13. The molecule has 0 amide bonds. The van der Waals surface area contributed by atoms with Gasteiger partial charge in [0.2, 0.25) is 0 Å². The van der Waals surface area contributed by atoms with Gasteiger partial charge in [0, 0.05) is 10.9 Å². The molecule has 0 radical (unpaired) electrons. The zero-order valence-electron chi connectivity index (χ0n) is 10.5. The van der Waals surface area contributed by atoms with Crippen LogP contribution < -0.4 is 5.63 Å².